The van der Waals surface area contributed by atoms with Crippen LogP contribution >= 0.6 is 11.6 Å². The molecule has 1 aliphatic heterocycles. The first kappa shape index (κ1) is 16.9. The molecule has 0 unspecified atom stereocenters. The molecule has 1 saturated heterocycles. The molecular formula is C19H20ClN5O. The standard InChI is InChI=1S/C19H20ClN5O/c20-15-4-3-5-16(12-15)22-19(26)24-10-8-23(9-11-24)14-17-13-21-18-6-1-2-7-25(17)18/h1-7,12-13H,8-11,14H2,(H,22,26). The molecule has 1 aliphatic rings. The van der Waals surface area contributed by atoms with Gasteiger partial charge in [-0.25, -0.2) is 9.78 Å². The molecule has 3 heterocycles. The van der Waals surface area contributed by atoms with Crippen LogP contribution in [0.5, 0.6) is 0 Å². The first-order chi connectivity index (χ1) is 12.7. The minimum absolute atomic E-state index is 0.0817. The van der Waals surface area contributed by atoms with E-state index in [1.807, 2.05) is 47.6 Å². The second kappa shape index (κ2) is 7.35. The zero-order valence-corrected chi connectivity index (χ0v) is 15.1. The molecule has 0 bridgehead atoms. The zero-order valence-electron chi connectivity index (χ0n) is 14.3. The quantitative estimate of drug-likeness (QED) is 0.770. The maximum absolute atomic E-state index is 12.4. The first-order valence-corrected chi connectivity index (χ1v) is 9.02. The minimum atomic E-state index is -0.0817. The third kappa shape index (κ3) is 3.66. The lowest BCUT2D eigenvalue weighted by atomic mass is 10.3. The number of aromatic nitrogens is 2. The maximum atomic E-state index is 12.4. The monoisotopic (exact) mass is 369 g/mol. The number of benzene rings is 1. The summed E-state index contributed by atoms with van der Waals surface area (Å²) in [5.74, 6) is 0. The largest absolute Gasteiger partial charge is 0.322 e. The van der Waals surface area contributed by atoms with Crippen LogP contribution in [0.3, 0.4) is 0 Å². The number of nitrogens with one attached hydrogen (secondary N) is 1. The minimum Gasteiger partial charge on any atom is -0.322 e. The third-order valence-electron chi connectivity index (χ3n) is 4.61. The molecule has 26 heavy (non-hydrogen) atoms. The smallest absolute Gasteiger partial charge is 0.321 e. The second-order valence-corrected chi connectivity index (χ2v) is 6.82. The van der Waals surface area contributed by atoms with Gasteiger partial charge in [0.1, 0.15) is 5.65 Å². The van der Waals surface area contributed by atoms with Crippen molar-refractivity contribution in [3.63, 3.8) is 0 Å². The number of rotatable bonds is 3. The van der Waals surface area contributed by atoms with Crippen molar-refractivity contribution in [3.8, 4) is 0 Å². The van der Waals surface area contributed by atoms with Crippen LogP contribution in [0.4, 0.5) is 10.5 Å². The van der Waals surface area contributed by atoms with Crippen LogP contribution in [0.1, 0.15) is 5.69 Å². The fraction of sp³-hybridized carbons (Fsp3) is 0.263. The number of nitrogens with zero attached hydrogens (tertiary/aromatic N) is 4. The van der Waals surface area contributed by atoms with Crippen LogP contribution in [0.25, 0.3) is 5.65 Å². The summed E-state index contributed by atoms with van der Waals surface area (Å²) >= 11 is 5.96. The highest BCUT2D eigenvalue weighted by Gasteiger charge is 2.22. The van der Waals surface area contributed by atoms with E-state index < -0.39 is 0 Å². The SMILES string of the molecule is O=C(Nc1cccc(Cl)c1)N1CCN(Cc2cnc3ccccn23)CC1. The number of pyridine rings is 1. The average Bonchev–Trinajstić information content (AvgIpc) is 3.05. The fourth-order valence-electron chi connectivity index (χ4n) is 3.21. The molecule has 1 N–H and O–H groups in total. The van der Waals surface area contributed by atoms with Crippen molar-refractivity contribution in [2.24, 2.45) is 0 Å². The Balaban J connectivity index is 1.33. The van der Waals surface area contributed by atoms with Crippen LogP contribution < -0.4 is 5.32 Å². The van der Waals surface area contributed by atoms with E-state index in [1.54, 1.807) is 12.1 Å². The number of anilines is 1. The van der Waals surface area contributed by atoms with Crippen molar-refractivity contribution < 1.29 is 4.79 Å². The van der Waals surface area contributed by atoms with E-state index in [1.165, 1.54) is 0 Å². The number of hydrogen-bond acceptors (Lipinski definition) is 3. The van der Waals surface area contributed by atoms with Crippen LogP contribution in [-0.4, -0.2) is 51.4 Å². The van der Waals surface area contributed by atoms with Gasteiger partial charge in [0.05, 0.1) is 11.9 Å². The highest BCUT2D eigenvalue weighted by molar-refractivity contribution is 6.30. The summed E-state index contributed by atoms with van der Waals surface area (Å²) in [6, 6.07) is 13.1. The number of carbonyl (C=O) groups is 1. The van der Waals surface area contributed by atoms with Crippen LogP contribution in [-0.2, 0) is 6.54 Å². The number of piperazine rings is 1. The Morgan fingerprint density at radius 3 is 2.77 bits per heavy atom. The zero-order chi connectivity index (χ0) is 17.9. The van der Waals surface area contributed by atoms with Crippen molar-refractivity contribution in [2.75, 3.05) is 31.5 Å². The molecule has 1 aromatic carbocycles. The number of halogens is 1. The summed E-state index contributed by atoms with van der Waals surface area (Å²) in [5, 5.41) is 3.52. The van der Waals surface area contributed by atoms with Gasteiger partial charge in [-0.3, -0.25) is 4.90 Å². The molecule has 1 fully saturated rings. The molecule has 4 rings (SSSR count). The highest BCUT2D eigenvalue weighted by Crippen LogP contribution is 2.16. The number of carbonyl (C=O) groups excluding carboxylic acids is 1. The Morgan fingerprint density at radius 2 is 1.96 bits per heavy atom. The second-order valence-electron chi connectivity index (χ2n) is 6.38. The van der Waals surface area contributed by atoms with Crippen molar-refractivity contribution in [2.45, 2.75) is 6.54 Å². The molecule has 0 saturated carbocycles. The van der Waals surface area contributed by atoms with Crippen LogP contribution in [0, 0.1) is 0 Å². The number of amides is 2. The van der Waals surface area contributed by atoms with Gasteiger partial charge in [0.25, 0.3) is 0 Å². The average molecular weight is 370 g/mol. The predicted molar refractivity (Wildman–Crippen MR) is 103 cm³/mol. The summed E-state index contributed by atoms with van der Waals surface area (Å²) in [7, 11) is 0. The lowest BCUT2D eigenvalue weighted by molar-refractivity contribution is 0.142. The van der Waals surface area contributed by atoms with Crippen molar-refractivity contribution in [1.29, 1.82) is 0 Å². The summed E-state index contributed by atoms with van der Waals surface area (Å²) in [6.45, 7) is 3.90. The Bertz CT molecular complexity index is 917. The summed E-state index contributed by atoms with van der Waals surface area (Å²) in [4.78, 5) is 21.0. The number of urea groups is 1. The van der Waals surface area contributed by atoms with Crippen molar-refractivity contribution in [3.05, 3.63) is 65.6 Å². The summed E-state index contributed by atoms with van der Waals surface area (Å²) in [6.07, 6.45) is 3.96. The number of hydrogen-bond donors (Lipinski definition) is 1. The topological polar surface area (TPSA) is 52.9 Å². The third-order valence-corrected chi connectivity index (χ3v) is 4.85. The normalized spacial score (nSPS) is 15.3. The number of fused-ring (bicyclic) bond motifs is 1. The molecular weight excluding hydrogens is 350 g/mol. The predicted octanol–water partition coefficient (Wildman–Crippen LogP) is 3.34. The van der Waals surface area contributed by atoms with Gasteiger partial charge in [0.15, 0.2) is 0 Å². The molecule has 2 amide bonds. The van der Waals surface area contributed by atoms with Gasteiger partial charge in [-0.1, -0.05) is 23.7 Å². The van der Waals surface area contributed by atoms with E-state index in [0.717, 1.165) is 36.7 Å². The molecule has 3 aromatic rings. The lowest BCUT2D eigenvalue weighted by Gasteiger charge is -2.34. The van der Waals surface area contributed by atoms with E-state index in [4.69, 9.17) is 11.6 Å². The Morgan fingerprint density at radius 1 is 1.12 bits per heavy atom. The molecule has 7 heteroatoms. The molecule has 134 valence electrons. The lowest BCUT2D eigenvalue weighted by Crippen LogP contribution is -2.49. The van der Waals surface area contributed by atoms with E-state index in [9.17, 15) is 4.79 Å². The molecule has 6 nitrogen and oxygen atoms in total. The van der Waals surface area contributed by atoms with E-state index in [-0.39, 0.29) is 6.03 Å². The summed E-state index contributed by atoms with van der Waals surface area (Å²) in [5.41, 5.74) is 2.84. The fourth-order valence-corrected chi connectivity index (χ4v) is 3.40. The maximum Gasteiger partial charge on any atom is 0.321 e. The van der Waals surface area contributed by atoms with Crippen molar-refractivity contribution in [1.82, 2.24) is 19.2 Å². The number of imidazole rings is 1. The first-order valence-electron chi connectivity index (χ1n) is 8.64. The van der Waals surface area contributed by atoms with Gasteiger partial charge in [-0.15, -0.1) is 0 Å². The van der Waals surface area contributed by atoms with Crippen molar-refractivity contribution >= 4 is 29.0 Å². The molecule has 0 radical (unpaired) electrons. The van der Waals surface area contributed by atoms with Gasteiger partial charge in [-0.05, 0) is 30.3 Å². The van der Waals surface area contributed by atoms with E-state index >= 15 is 0 Å². The molecule has 2 aromatic heterocycles. The van der Waals surface area contributed by atoms with Gasteiger partial charge < -0.3 is 14.6 Å². The van der Waals surface area contributed by atoms with E-state index in [2.05, 4.69) is 19.6 Å². The van der Waals surface area contributed by atoms with Gasteiger partial charge in [-0.2, -0.15) is 0 Å². The summed E-state index contributed by atoms with van der Waals surface area (Å²) < 4.78 is 2.11. The molecule has 0 aliphatic carbocycles. The Kier molecular flexibility index (Phi) is 4.77. The van der Waals surface area contributed by atoms with Gasteiger partial charge in [0.2, 0.25) is 0 Å². The Labute approximate surface area is 157 Å². The highest BCUT2D eigenvalue weighted by atomic mass is 35.5. The van der Waals surface area contributed by atoms with Crippen LogP contribution in [0.15, 0.2) is 54.9 Å². The van der Waals surface area contributed by atoms with Gasteiger partial charge in [0, 0.05) is 49.6 Å². The molecule has 0 atom stereocenters. The van der Waals surface area contributed by atoms with Crippen LogP contribution in [0.2, 0.25) is 5.02 Å². The Hall–Kier alpha value is -2.57. The van der Waals surface area contributed by atoms with Gasteiger partial charge >= 0.3 is 6.03 Å². The van der Waals surface area contributed by atoms with E-state index in [0.29, 0.717) is 18.1 Å². The molecule has 0 spiro atoms.